The highest BCUT2D eigenvalue weighted by Gasteiger charge is 2.04. The number of hydrogen-bond donors (Lipinski definition) is 2. The van der Waals surface area contributed by atoms with Crippen molar-refractivity contribution in [2.45, 2.75) is 19.4 Å². The number of aliphatic imine (C=N–C) groups is 1. The molecule has 2 N–H and O–H groups in total. The van der Waals surface area contributed by atoms with Crippen LogP contribution in [0.25, 0.3) is 0 Å². The lowest BCUT2D eigenvalue weighted by atomic mass is 10.1. The molecular formula is C20H26IN3O2. The number of aryl methyl sites for hydroxylation is 1. The molecule has 26 heavy (non-hydrogen) atoms. The van der Waals surface area contributed by atoms with Crippen LogP contribution in [0.15, 0.2) is 59.6 Å². The van der Waals surface area contributed by atoms with Crippen LogP contribution in [0.2, 0.25) is 0 Å². The van der Waals surface area contributed by atoms with Gasteiger partial charge in [0.15, 0.2) is 5.96 Å². The molecule has 0 spiro atoms. The largest absolute Gasteiger partial charge is 0.465 e. The van der Waals surface area contributed by atoms with Gasteiger partial charge in [-0.05, 0) is 36.1 Å². The van der Waals surface area contributed by atoms with Crippen LogP contribution in [0.1, 0.15) is 27.9 Å². The van der Waals surface area contributed by atoms with Crippen molar-refractivity contribution in [1.82, 2.24) is 10.6 Å². The predicted molar refractivity (Wildman–Crippen MR) is 116 cm³/mol. The maximum Gasteiger partial charge on any atom is 0.337 e. The van der Waals surface area contributed by atoms with E-state index in [9.17, 15) is 4.79 Å². The van der Waals surface area contributed by atoms with Gasteiger partial charge in [-0.2, -0.15) is 0 Å². The Morgan fingerprint density at radius 3 is 2.31 bits per heavy atom. The zero-order valence-corrected chi connectivity index (χ0v) is 17.5. The van der Waals surface area contributed by atoms with Gasteiger partial charge in [0, 0.05) is 20.1 Å². The Kier molecular flexibility index (Phi) is 10.4. The Morgan fingerprint density at radius 2 is 1.69 bits per heavy atom. The van der Waals surface area contributed by atoms with Gasteiger partial charge in [-0.25, -0.2) is 4.79 Å². The lowest BCUT2D eigenvalue weighted by molar-refractivity contribution is 0.0600. The first-order valence-corrected chi connectivity index (χ1v) is 8.38. The quantitative estimate of drug-likeness (QED) is 0.216. The number of carbonyl (C=O) groups excluding carboxylic acids is 1. The molecule has 140 valence electrons. The highest BCUT2D eigenvalue weighted by Crippen LogP contribution is 2.05. The minimum atomic E-state index is -0.324. The first-order valence-electron chi connectivity index (χ1n) is 8.38. The third kappa shape index (κ3) is 7.43. The SMILES string of the molecule is CN=C(NCCCc1ccccc1)NCc1ccc(C(=O)OC)cc1.I. The van der Waals surface area contributed by atoms with Crippen LogP contribution in [0.5, 0.6) is 0 Å². The highest BCUT2D eigenvalue weighted by atomic mass is 127. The van der Waals surface area contributed by atoms with Crippen molar-refractivity contribution in [3.05, 3.63) is 71.3 Å². The third-order valence-corrected chi connectivity index (χ3v) is 3.84. The molecule has 0 radical (unpaired) electrons. The molecule has 0 bridgehead atoms. The number of guanidine groups is 1. The summed E-state index contributed by atoms with van der Waals surface area (Å²) in [5.74, 6) is 0.445. The molecular weight excluding hydrogens is 441 g/mol. The summed E-state index contributed by atoms with van der Waals surface area (Å²) in [5.41, 5.74) is 2.97. The number of carbonyl (C=O) groups is 1. The second kappa shape index (κ2) is 12.3. The molecule has 0 saturated carbocycles. The molecule has 2 rings (SSSR count). The average molecular weight is 467 g/mol. The fourth-order valence-electron chi connectivity index (χ4n) is 2.43. The molecule has 0 aliphatic carbocycles. The number of nitrogens with one attached hydrogen (secondary N) is 2. The Balaban J connectivity index is 0.00000338. The number of methoxy groups -OCH3 is 1. The number of hydrogen-bond acceptors (Lipinski definition) is 3. The molecule has 2 aromatic rings. The van der Waals surface area contributed by atoms with Gasteiger partial charge in [0.25, 0.3) is 0 Å². The normalized spacial score (nSPS) is 10.6. The van der Waals surface area contributed by atoms with Gasteiger partial charge >= 0.3 is 5.97 Å². The van der Waals surface area contributed by atoms with Crippen LogP contribution in [0.4, 0.5) is 0 Å². The maximum absolute atomic E-state index is 11.4. The van der Waals surface area contributed by atoms with E-state index in [1.165, 1.54) is 12.7 Å². The van der Waals surface area contributed by atoms with E-state index in [0.717, 1.165) is 30.9 Å². The number of nitrogens with zero attached hydrogens (tertiary/aromatic N) is 1. The van der Waals surface area contributed by atoms with E-state index < -0.39 is 0 Å². The second-order valence-corrected chi connectivity index (χ2v) is 5.63. The van der Waals surface area contributed by atoms with Gasteiger partial charge in [-0.1, -0.05) is 42.5 Å². The smallest absolute Gasteiger partial charge is 0.337 e. The maximum atomic E-state index is 11.4. The average Bonchev–Trinajstić information content (AvgIpc) is 2.68. The van der Waals surface area contributed by atoms with E-state index in [1.807, 2.05) is 18.2 Å². The van der Waals surface area contributed by atoms with Crippen LogP contribution in [0, 0.1) is 0 Å². The molecule has 0 unspecified atom stereocenters. The summed E-state index contributed by atoms with van der Waals surface area (Å²) in [5, 5.41) is 6.58. The molecule has 0 saturated heterocycles. The van der Waals surface area contributed by atoms with Gasteiger partial charge in [-0.15, -0.1) is 24.0 Å². The standard InChI is InChI=1S/C20H25N3O2.HI/c1-21-20(22-14-6-9-16-7-4-3-5-8-16)23-15-17-10-12-18(13-11-17)19(24)25-2;/h3-5,7-8,10-13H,6,9,14-15H2,1-2H3,(H2,21,22,23);1H. The Labute approximate surface area is 172 Å². The predicted octanol–water partition coefficient (Wildman–Crippen LogP) is 3.39. The first-order chi connectivity index (χ1) is 12.2. The Morgan fingerprint density at radius 1 is 1.00 bits per heavy atom. The van der Waals surface area contributed by atoms with Gasteiger partial charge in [0.05, 0.1) is 12.7 Å². The number of rotatable bonds is 7. The lowest BCUT2D eigenvalue weighted by Gasteiger charge is -2.12. The highest BCUT2D eigenvalue weighted by molar-refractivity contribution is 14.0. The number of halogens is 1. The third-order valence-electron chi connectivity index (χ3n) is 3.84. The van der Waals surface area contributed by atoms with E-state index in [4.69, 9.17) is 4.74 Å². The molecule has 0 atom stereocenters. The van der Waals surface area contributed by atoms with Crippen LogP contribution in [-0.2, 0) is 17.7 Å². The monoisotopic (exact) mass is 467 g/mol. The summed E-state index contributed by atoms with van der Waals surface area (Å²) >= 11 is 0. The van der Waals surface area contributed by atoms with Gasteiger partial charge < -0.3 is 15.4 Å². The van der Waals surface area contributed by atoms with E-state index in [2.05, 4.69) is 39.9 Å². The Bertz CT molecular complexity index is 688. The number of benzene rings is 2. The summed E-state index contributed by atoms with van der Waals surface area (Å²) < 4.78 is 4.69. The zero-order chi connectivity index (χ0) is 17.9. The van der Waals surface area contributed by atoms with Crippen molar-refractivity contribution in [2.24, 2.45) is 4.99 Å². The Hall–Kier alpha value is -2.09. The number of ether oxygens (including phenoxy) is 1. The van der Waals surface area contributed by atoms with Crippen molar-refractivity contribution in [3.63, 3.8) is 0 Å². The fourth-order valence-corrected chi connectivity index (χ4v) is 2.43. The van der Waals surface area contributed by atoms with E-state index in [0.29, 0.717) is 12.1 Å². The molecule has 5 nitrogen and oxygen atoms in total. The van der Waals surface area contributed by atoms with Crippen molar-refractivity contribution < 1.29 is 9.53 Å². The van der Waals surface area contributed by atoms with Crippen LogP contribution in [0.3, 0.4) is 0 Å². The summed E-state index contributed by atoms with van der Waals surface area (Å²) in [6.45, 7) is 1.50. The van der Waals surface area contributed by atoms with Crippen molar-refractivity contribution in [2.75, 3.05) is 20.7 Å². The van der Waals surface area contributed by atoms with Crippen LogP contribution in [-0.4, -0.2) is 32.6 Å². The van der Waals surface area contributed by atoms with Crippen molar-refractivity contribution >= 4 is 35.9 Å². The second-order valence-electron chi connectivity index (χ2n) is 5.63. The minimum Gasteiger partial charge on any atom is -0.465 e. The fraction of sp³-hybridized carbons (Fsp3) is 0.300. The van der Waals surface area contributed by atoms with Crippen molar-refractivity contribution in [1.29, 1.82) is 0 Å². The van der Waals surface area contributed by atoms with Gasteiger partial charge in [0.2, 0.25) is 0 Å². The number of esters is 1. The lowest BCUT2D eigenvalue weighted by Crippen LogP contribution is -2.37. The first kappa shape index (κ1) is 22.0. The van der Waals surface area contributed by atoms with Gasteiger partial charge in [0.1, 0.15) is 0 Å². The molecule has 0 amide bonds. The molecule has 0 aliphatic rings. The summed E-state index contributed by atoms with van der Waals surface area (Å²) in [4.78, 5) is 15.6. The molecule has 0 fully saturated rings. The van der Waals surface area contributed by atoms with E-state index in [1.54, 1.807) is 19.2 Å². The minimum absolute atomic E-state index is 0. The molecule has 0 heterocycles. The molecule has 0 aliphatic heterocycles. The molecule has 6 heteroatoms. The topological polar surface area (TPSA) is 62.7 Å². The molecule has 2 aromatic carbocycles. The molecule has 0 aromatic heterocycles. The van der Waals surface area contributed by atoms with E-state index >= 15 is 0 Å². The van der Waals surface area contributed by atoms with E-state index in [-0.39, 0.29) is 29.9 Å². The summed E-state index contributed by atoms with van der Waals surface area (Å²) in [6, 6.07) is 17.8. The van der Waals surface area contributed by atoms with Gasteiger partial charge in [-0.3, -0.25) is 4.99 Å². The summed E-state index contributed by atoms with van der Waals surface area (Å²) in [7, 11) is 3.14. The van der Waals surface area contributed by atoms with Crippen molar-refractivity contribution in [3.8, 4) is 0 Å². The van der Waals surface area contributed by atoms with Crippen LogP contribution < -0.4 is 10.6 Å². The van der Waals surface area contributed by atoms with Crippen LogP contribution >= 0.6 is 24.0 Å². The summed E-state index contributed by atoms with van der Waals surface area (Å²) in [6.07, 6.45) is 2.08. The zero-order valence-electron chi connectivity index (χ0n) is 15.2.